The molecule has 0 bridgehead atoms. The Hall–Kier alpha value is -2.41. The zero-order valence-electron chi connectivity index (χ0n) is 14.5. The molecule has 3 N–H and O–H groups in total. The molecule has 25 heavy (non-hydrogen) atoms. The van der Waals surface area contributed by atoms with Gasteiger partial charge in [0, 0.05) is 31.6 Å². The van der Waals surface area contributed by atoms with Crippen molar-refractivity contribution < 1.29 is 9.90 Å². The summed E-state index contributed by atoms with van der Waals surface area (Å²) in [7, 11) is 1.78. The highest BCUT2D eigenvalue weighted by Gasteiger charge is 2.25. The minimum Gasteiger partial charge on any atom is -0.393 e. The van der Waals surface area contributed by atoms with E-state index in [0.29, 0.717) is 18.9 Å². The van der Waals surface area contributed by atoms with Crippen LogP contribution in [0.1, 0.15) is 31.2 Å². The van der Waals surface area contributed by atoms with E-state index in [9.17, 15) is 9.90 Å². The van der Waals surface area contributed by atoms with Gasteiger partial charge in [0.05, 0.1) is 6.10 Å². The molecule has 1 aliphatic rings. The number of hydrogen-bond donors (Lipinski definition) is 3. The lowest BCUT2D eigenvalue weighted by Crippen LogP contribution is -2.42. The van der Waals surface area contributed by atoms with Crippen LogP contribution >= 0.6 is 0 Å². The number of benzene rings is 1. The second-order valence-electron chi connectivity index (χ2n) is 6.69. The number of aromatic nitrogens is 3. The van der Waals surface area contributed by atoms with Crippen LogP contribution < -0.4 is 5.32 Å². The highest BCUT2D eigenvalue weighted by molar-refractivity contribution is 5.73. The molecule has 0 spiro atoms. The van der Waals surface area contributed by atoms with Gasteiger partial charge in [0.25, 0.3) is 0 Å². The minimum atomic E-state index is -0.289. The van der Waals surface area contributed by atoms with Crippen molar-refractivity contribution in [2.75, 3.05) is 13.6 Å². The molecule has 2 unspecified atom stereocenters. The molecule has 0 saturated heterocycles. The zero-order chi connectivity index (χ0) is 17.6. The Kier molecular flexibility index (Phi) is 5.65. The lowest BCUT2D eigenvalue weighted by Gasteiger charge is -2.31. The Labute approximate surface area is 147 Å². The summed E-state index contributed by atoms with van der Waals surface area (Å²) in [6.45, 7) is 1.03. The van der Waals surface area contributed by atoms with E-state index < -0.39 is 0 Å². The molecule has 1 aromatic heterocycles. The fraction of sp³-hybridized carbons (Fsp3) is 0.500. The van der Waals surface area contributed by atoms with Gasteiger partial charge in [-0.25, -0.2) is 9.78 Å². The van der Waals surface area contributed by atoms with Crippen LogP contribution in [0.5, 0.6) is 0 Å². The van der Waals surface area contributed by atoms with Crippen molar-refractivity contribution in [1.29, 1.82) is 0 Å². The third-order valence-corrected chi connectivity index (χ3v) is 4.78. The number of urea groups is 1. The molecule has 7 nitrogen and oxygen atoms in total. The van der Waals surface area contributed by atoms with E-state index in [-0.39, 0.29) is 18.1 Å². The molecule has 2 amide bonds. The predicted molar refractivity (Wildman–Crippen MR) is 94.6 cm³/mol. The number of nitrogens with zero attached hydrogens (tertiary/aromatic N) is 3. The number of aliphatic hydroxyl groups excluding tert-OH is 1. The number of carbonyl (C=O) groups is 1. The van der Waals surface area contributed by atoms with Crippen LogP contribution in [-0.2, 0) is 6.54 Å². The second-order valence-corrected chi connectivity index (χ2v) is 6.69. The molecule has 1 heterocycles. The molecular formula is C18H25N5O2. The SMILES string of the molecule is CN(CC1CCCCC1O)C(=O)NCc1cccc(-c2ncn[nH]2)c1. The van der Waals surface area contributed by atoms with Crippen LogP contribution in [0.15, 0.2) is 30.6 Å². The van der Waals surface area contributed by atoms with Gasteiger partial charge in [0.2, 0.25) is 0 Å². The van der Waals surface area contributed by atoms with Gasteiger partial charge in [-0.2, -0.15) is 5.10 Å². The van der Waals surface area contributed by atoms with E-state index in [1.165, 1.54) is 6.33 Å². The fourth-order valence-electron chi connectivity index (χ4n) is 3.32. The van der Waals surface area contributed by atoms with E-state index >= 15 is 0 Å². The van der Waals surface area contributed by atoms with Crippen LogP contribution in [0.25, 0.3) is 11.4 Å². The summed E-state index contributed by atoms with van der Waals surface area (Å²) in [4.78, 5) is 18.1. The maximum Gasteiger partial charge on any atom is 0.317 e. The van der Waals surface area contributed by atoms with E-state index in [0.717, 1.165) is 36.8 Å². The maximum absolute atomic E-state index is 12.3. The van der Waals surface area contributed by atoms with Crippen molar-refractivity contribution in [3.63, 3.8) is 0 Å². The third-order valence-electron chi connectivity index (χ3n) is 4.78. The quantitative estimate of drug-likeness (QED) is 0.775. The number of aliphatic hydroxyl groups is 1. The lowest BCUT2D eigenvalue weighted by molar-refractivity contribution is 0.0565. The molecule has 1 aliphatic carbocycles. The summed E-state index contributed by atoms with van der Waals surface area (Å²) in [5.41, 5.74) is 1.93. The Morgan fingerprint density at radius 2 is 2.24 bits per heavy atom. The van der Waals surface area contributed by atoms with Crippen molar-refractivity contribution in [3.05, 3.63) is 36.2 Å². The number of aromatic amines is 1. The molecule has 0 aliphatic heterocycles. The Morgan fingerprint density at radius 3 is 3.00 bits per heavy atom. The summed E-state index contributed by atoms with van der Waals surface area (Å²) >= 11 is 0. The summed E-state index contributed by atoms with van der Waals surface area (Å²) in [6, 6.07) is 7.70. The molecule has 3 rings (SSSR count). The smallest absolute Gasteiger partial charge is 0.317 e. The monoisotopic (exact) mass is 343 g/mol. The van der Waals surface area contributed by atoms with Crippen molar-refractivity contribution in [2.24, 2.45) is 5.92 Å². The summed E-state index contributed by atoms with van der Waals surface area (Å²) in [5.74, 6) is 0.885. The van der Waals surface area contributed by atoms with Crippen LogP contribution in [0.2, 0.25) is 0 Å². The van der Waals surface area contributed by atoms with Gasteiger partial charge in [-0.3, -0.25) is 5.10 Å². The number of H-pyrrole nitrogens is 1. The number of amides is 2. The molecule has 1 saturated carbocycles. The molecule has 7 heteroatoms. The van der Waals surface area contributed by atoms with Gasteiger partial charge in [-0.1, -0.05) is 31.0 Å². The predicted octanol–water partition coefficient (Wildman–Crippen LogP) is 2.16. The van der Waals surface area contributed by atoms with E-state index in [4.69, 9.17) is 0 Å². The van der Waals surface area contributed by atoms with E-state index in [1.54, 1.807) is 11.9 Å². The van der Waals surface area contributed by atoms with Gasteiger partial charge in [-0.15, -0.1) is 0 Å². The number of carbonyl (C=O) groups excluding carboxylic acids is 1. The Morgan fingerprint density at radius 1 is 1.40 bits per heavy atom. The normalized spacial score (nSPS) is 20.2. The van der Waals surface area contributed by atoms with Crippen molar-refractivity contribution in [1.82, 2.24) is 25.4 Å². The number of hydrogen-bond acceptors (Lipinski definition) is 4. The molecule has 2 aromatic rings. The van der Waals surface area contributed by atoms with Crippen LogP contribution in [0.3, 0.4) is 0 Å². The first kappa shape index (κ1) is 17.4. The van der Waals surface area contributed by atoms with Gasteiger partial charge < -0.3 is 15.3 Å². The first-order chi connectivity index (χ1) is 12.1. The topological polar surface area (TPSA) is 94.1 Å². The molecule has 1 fully saturated rings. The second kappa shape index (κ2) is 8.11. The number of rotatable bonds is 5. The molecule has 0 radical (unpaired) electrons. The molecule has 134 valence electrons. The van der Waals surface area contributed by atoms with Crippen molar-refractivity contribution in [2.45, 2.75) is 38.3 Å². The largest absolute Gasteiger partial charge is 0.393 e. The summed E-state index contributed by atoms with van der Waals surface area (Å²) in [5, 5.41) is 19.7. The van der Waals surface area contributed by atoms with Gasteiger partial charge in [0.15, 0.2) is 5.82 Å². The first-order valence-electron chi connectivity index (χ1n) is 8.75. The summed E-state index contributed by atoms with van der Waals surface area (Å²) in [6.07, 6.45) is 5.22. The third kappa shape index (κ3) is 4.57. The van der Waals surface area contributed by atoms with Crippen LogP contribution in [0.4, 0.5) is 4.79 Å². The molecule has 2 atom stereocenters. The maximum atomic E-state index is 12.3. The van der Waals surface area contributed by atoms with Gasteiger partial charge >= 0.3 is 6.03 Å². The highest BCUT2D eigenvalue weighted by atomic mass is 16.3. The zero-order valence-corrected chi connectivity index (χ0v) is 14.5. The lowest BCUT2D eigenvalue weighted by atomic mass is 9.86. The Bertz CT molecular complexity index is 689. The Balaban J connectivity index is 1.52. The van der Waals surface area contributed by atoms with Gasteiger partial charge in [0.1, 0.15) is 6.33 Å². The highest BCUT2D eigenvalue weighted by Crippen LogP contribution is 2.24. The van der Waals surface area contributed by atoms with Crippen molar-refractivity contribution >= 4 is 6.03 Å². The fourth-order valence-corrected chi connectivity index (χ4v) is 3.32. The van der Waals surface area contributed by atoms with Crippen molar-refractivity contribution in [3.8, 4) is 11.4 Å². The van der Waals surface area contributed by atoms with E-state index in [1.807, 2.05) is 24.3 Å². The average molecular weight is 343 g/mol. The first-order valence-corrected chi connectivity index (χ1v) is 8.75. The molecule has 1 aromatic carbocycles. The average Bonchev–Trinajstić information content (AvgIpc) is 3.16. The van der Waals surface area contributed by atoms with E-state index in [2.05, 4.69) is 20.5 Å². The summed E-state index contributed by atoms with van der Waals surface area (Å²) < 4.78 is 0. The van der Waals surface area contributed by atoms with Crippen LogP contribution in [-0.4, -0.2) is 50.9 Å². The van der Waals surface area contributed by atoms with Crippen LogP contribution in [0, 0.1) is 5.92 Å². The number of nitrogens with one attached hydrogen (secondary N) is 2. The standard InChI is InChI=1S/C18H25N5O2/c1-23(11-15-6-2-3-8-16(15)24)18(25)19-10-13-5-4-7-14(9-13)17-20-12-21-22-17/h4-5,7,9,12,15-16,24H,2-3,6,8,10-11H2,1H3,(H,19,25)(H,20,21,22). The van der Waals surface area contributed by atoms with Gasteiger partial charge in [-0.05, 0) is 24.5 Å². The molecular weight excluding hydrogens is 318 g/mol. The minimum absolute atomic E-state index is 0.122.